The molecular formula is C24H20Cl2N2OS. The van der Waals surface area contributed by atoms with Crippen LogP contribution in [0.3, 0.4) is 0 Å². The second kappa shape index (κ2) is 9.71. The number of hydrogen-bond donors (Lipinski definition) is 0. The molecule has 1 aromatic heterocycles. The normalized spacial score (nSPS) is 11.0. The quantitative estimate of drug-likeness (QED) is 0.291. The first-order valence-corrected chi connectivity index (χ1v) is 11.1. The van der Waals surface area contributed by atoms with Crippen molar-refractivity contribution in [3.8, 4) is 5.69 Å². The lowest BCUT2D eigenvalue weighted by Crippen LogP contribution is -2.00. The van der Waals surface area contributed by atoms with Crippen molar-refractivity contribution in [3.05, 3.63) is 106 Å². The molecule has 0 bridgehead atoms. The summed E-state index contributed by atoms with van der Waals surface area (Å²) in [5.41, 5.74) is 4.12. The maximum atomic E-state index is 6.22. The van der Waals surface area contributed by atoms with Gasteiger partial charge in [0, 0.05) is 20.5 Å². The van der Waals surface area contributed by atoms with Crippen molar-refractivity contribution in [2.45, 2.75) is 30.1 Å². The van der Waals surface area contributed by atoms with Crippen LogP contribution >= 0.6 is 35.0 Å². The molecule has 30 heavy (non-hydrogen) atoms. The van der Waals surface area contributed by atoms with E-state index in [0.717, 1.165) is 32.4 Å². The van der Waals surface area contributed by atoms with E-state index in [1.165, 1.54) is 0 Å². The highest BCUT2D eigenvalue weighted by Gasteiger charge is 2.18. The third-order valence-electron chi connectivity index (χ3n) is 4.55. The van der Waals surface area contributed by atoms with Crippen LogP contribution in [0.25, 0.3) is 5.69 Å². The third-order valence-corrected chi connectivity index (χ3v) is 6.07. The number of rotatable bonds is 7. The highest BCUT2D eigenvalue weighted by molar-refractivity contribution is 7.99. The van der Waals surface area contributed by atoms with Crippen LogP contribution in [-0.2, 0) is 18.0 Å². The number of hydrogen-bond acceptors (Lipinski definition) is 3. The van der Waals surface area contributed by atoms with E-state index in [1.807, 2.05) is 72.3 Å². The predicted octanol–water partition coefficient (Wildman–Crippen LogP) is 7.36. The Balaban J connectivity index is 1.66. The number of ether oxygens (including phenoxy) is 1. The number of halogens is 2. The van der Waals surface area contributed by atoms with Gasteiger partial charge in [0.1, 0.15) is 5.03 Å². The Bertz CT molecular complexity index is 1110. The van der Waals surface area contributed by atoms with E-state index in [9.17, 15) is 0 Å². The van der Waals surface area contributed by atoms with Crippen LogP contribution in [0.1, 0.15) is 16.8 Å². The first-order valence-electron chi connectivity index (χ1n) is 9.49. The van der Waals surface area contributed by atoms with Gasteiger partial charge in [-0.05, 0) is 42.8 Å². The number of aryl methyl sites for hydroxylation is 1. The molecular weight excluding hydrogens is 435 g/mol. The zero-order valence-electron chi connectivity index (χ0n) is 16.4. The van der Waals surface area contributed by atoms with Crippen LogP contribution in [0.5, 0.6) is 0 Å². The van der Waals surface area contributed by atoms with Crippen LogP contribution in [0.15, 0.2) is 88.8 Å². The Morgan fingerprint density at radius 2 is 1.50 bits per heavy atom. The van der Waals surface area contributed by atoms with E-state index in [0.29, 0.717) is 23.3 Å². The van der Waals surface area contributed by atoms with Gasteiger partial charge in [0.05, 0.1) is 24.6 Å². The fourth-order valence-electron chi connectivity index (χ4n) is 3.10. The molecule has 1 heterocycles. The lowest BCUT2D eigenvalue weighted by Gasteiger charge is -2.11. The first-order chi connectivity index (χ1) is 14.6. The third kappa shape index (κ3) is 5.08. The predicted molar refractivity (Wildman–Crippen MR) is 124 cm³/mol. The molecule has 3 aromatic carbocycles. The minimum Gasteiger partial charge on any atom is -0.372 e. The summed E-state index contributed by atoms with van der Waals surface area (Å²) in [4.78, 5) is 0.953. The summed E-state index contributed by atoms with van der Waals surface area (Å²) in [5, 5.41) is 7.00. The molecule has 0 saturated heterocycles. The maximum Gasteiger partial charge on any atom is 0.110 e. The molecule has 0 atom stereocenters. The molecule has 6 heteroatoms. The van der Waals surface area contributed by atoms with E-state index >= 15 is 0 Å². The van der Waals surface area contributed by atoms with E-state index in [-0.39, 0.29) is 0 Å². The summed E-state index contributed by atoms with van der Waals surface area (Å²) in [6.45, 7) is 3.02. The summed E-state index contributed by atoms with van der Waals surface area (Å²) in [6, 6.07) is 25.8. The summed E-state index contributed by atoms with van der Waals surface area (Å²) in [6.07, 6.45) is 0. The molecule has 0 saturated carbocycles. The van der Waals surface area contributed by atoms with Gasteiger partial charge >= 0.3 is 0 Å². The molecule has 0 aliphatic heterocycles. The minimum absolute atomic E-state index is 0.462. The average Bonchev–Trinajstić information content (AvgIpc) is 3.04. The van der Waals surface area contributed by atoms with Crippen LogP contribution in [-0.4, -0.2) is 9.78 Å². The van der Waals surface area contributed by atoms with Crippen molar-refractivity contribution in [1.82, 2.24) is 9.78 Å². The number of aromatic nitrogens is 2. The van der Waals surface area contributed by atoms with Gasteiger partial charge in [-0.3, -0.25) is 0 Å². The molecule has 0 unspecified atom stereocenters. The number of benzene rings is 3. The SMILES string of the molecule is Cc1nn(-c2ccccc2)c(Sc2cc(Cl)cc(Cl)c2)c1COCc1ccccc1. The second-order valence-electron chi connectivity index (χ2n) is 6.80. The van der Waals surface area contributed by atoms with E-state index < -0.39 is 0 Å². The molecule has 4 rings (SSSR count). The Labute approximate surface area is 190 Å². The van der Waals surface area contributed by atoms with Gasteiger partial charge in [-0.25, -0.2) is 4.68 Å². The van der Waals surface area contributed by atoms with Gasteiger partial charge in [0.25, 0.3) is 0 Å². The number of para-hydroxylation sites is 1. The topological polar surface area (TPSA) is 27.1 Å². The van der Waals surface area contributed by atoms with Crippen molar-refractivity contribution in [3.63, 3.8) is 0 Å². The Kier molecular flexibility index (Phi) is 6.80. The average molecular weight is 455 g/mol. The van der Waals surface area contributed by atoms with Crippen molar-refractivity contribution >= 4 is 35.0 Å². The molecule has 0 aliphatic rings. The van der Waals surface area contributed by atoms with Crippen molar-refractivity contribution in [2.75, 3.05) is 0 Å². The molecule has 0 amide bonds. The monoisotopic (exact) mass is 454 g/mol. The smallest absolute Gasteiger partial charge is 0.110 e. The van der Waals surface area contributed by atoms with Crippen LogP contribution in [0, 0.1) is 6.92 Å². The van der Waals surface area contributed by atoms with E-state index in [1.54, 1.807) is 17.8 Å². The van der Waals surface area contributed by atoms with E-state index in [2.05, 4.69) is 12.1 Å². The summed E-state index contributed by atoms with van der Waals surface area (Å²) in [7, 11) is 0. The van der Waals surface area contributed by atoms with Gasteiger partial charge in [-0.2, -0.15) is 5.10 Å². The van der Waals surface area contributed by atoms with E-state index in [4.69, 9.17) is 33.0 Å². The second-order valence-corrected chi connectivity index (χ2v) is 8.74. The van der Waals surface area contributed by atoms with Crippen molar-refractivity contribution in [1.29, 1.82) is 0 Å². The Morgan fingerprint density at radius 3 is 2.17 bits per heavy atom. The molecule has 0 aliphatic carbocycles. The molecule has 0 spiro atoms. The highest BCUT2D eigenvalue weighted by atomic mass is 35.5. The van der Waals surface area contributed by atoms with Crippen molar-refractivity contribution in [2.24, 2.45) is 0 Å². The van der Waals surface area contributed by atoms with Gasteiger partial charge in [-0.1, -0.05) is 83.5 Å². The van der Waals surface area contributed by atoms with Gasteiger partial charge in [-0.15, -0.1) is 0 Å². The zero-order chi connectivity index (χ0) is 20.9. The molecule has 0 N–H and O–H groups in total. The molecule has 3 nitrogen and oxygen atoms in total. The zero-order valence-corrected chi connectivity index (χ0v) is 18.7. The standard InChI is InChI=1S/C24H20Cl2N2OS/c1-17-23(16-29-15-18-8-4-2-5-9-18)24(28(27-17)21-10-6-3-7-11-21)30-22-13-19(25)12-20(26)14-22/h2-14H,15-16H2,1H3. The Morgan fingerprint density at radius 1 is 0.867 bits per heavy atom. The highest BCUT2D eigenvalue weighted by Crippen LogP contribution is 2.36. The molecule has 152 valence electrons. The van der Waals surface area contributed by atoms with Gasteiger partial charge in [0.15, 0.2) is 0 Å². The lowest BCUT2D eigenvalue weighted by atomic mass is 10.2. The van der Waals surface area contributed by atoms with Crippen LogP contribution in [0.4, 0.5) is 0 Å². The molecule has 0 fully saturated rings. The first kappa shape index (κ1) is 21.0. The van der Waals surface area contributed by atoms with Crippen molar-refractivity contribution < 1.29 is 4.74 Å². The fraction of sp³-hybridized carbons (Fsp3) is 0.125. The summed E-state index contributed by atoms with van der Waals surface area (Å²) < 4.78 is 8.00. The Hall–Kier alpha value is -2.24. The summed E-state index contributed by atoms with van der Waals surface area (Å²) in [5.74, 6) is 0. The lowest BCUT2D eigenvalue weighted by molar-refractivity contribution is 0.105. The van der Waals surface area contributed by atoms with Gasteiger partial charge in [0.2, 0.25) is 0 Å². The molecule has 4 aromatic rings. The maximum absolute atomic E-state index is 6.22. The largest absolute Gasteiger partial charge is 0.372 e. The van der Waals surface area contributed by atoms with Crippen LogP contribution in [0.2, 0.25) is 10.0 Å². The number of nitrogens with zero attached hydrogens (tertiary/aromatic N) is 2. The summed E-state index contributed by atoms with van der Waals surface area (Å²) >= 11 is 14.0. The van der Waals surface area contributed by atoms with Gasteiger partial charge < -0.3 is 4.74 Å². The minimum atomic E-state index is 0.462. The molecule has 0 radical (unpaired) electrons. The fourth-order valence-corrected chi connectivity index (χ4v) is 4.91. The van der Waals surface area contributed by atoms with Crippen LogP contribution < -0.4 is 0 Å².